The third kappa shape index (κ3) is 4.18. The molecule has 0 aromatic heterocycles. The van der Waals surface area contributed by atoms with Crippen molar-refractivity contribution in [1.82, 2.24) is 4.90 Å². The number of hydrogen-bond donors (Lipinski definition) is 1. The minimum absolute atomic E-state index is 0.0603. The van der Waals surface area contributed by atoms with Crippen LogP contribution in [-0.4, -0.2) is 48.1 Å². The number of likely N-dealkylation sites (tertiary alicyclic amines) is 1. The van der Waals surface area contributed by atoms with Crippen molar-refractivity contribution in [2.75, 3.05) is 31.2 Å². The van der Waals surface area contributed by atoms with Crippen molar-refractivity contribution in [2.24, 2.45) is 5.92 Å². The smallest absolute Gasteiger partial charge is 0.282 e. The third-order valence-corrected chi connectivity index (χ3v) is 5.94. The molecule has 0 saturated carbocycles. The molecule has 31 heavy (non-hydrogen) atoms. The van der Waals surface area contributed by atoms with Gasteiger partial charge in [-0.2, -0.15) is 0 Å². The van der Waals surface area contributed by atoms with Gasteiger partial charge in [-0.25, -0.2) is 4.90 Å². The van der Waals surface area contributed by atoms with Crippen LogP contribution < -0.4 is 9.64 Å². The predicted octanol–water partition coefficient (Wildman–Crippen LogP) is 3.73. The van der Waals surface area contributed by atoms with Crippen LogP contribution in [0.1, 0.15) is 25.3 Å². The van der Waals surface area contributed by atoms with Crippen molar-refractivity contribution in [1.29, 1.82) is 0 Å². The first kappa shape index (κ1) is 21.4. The number of halogens is 1. The minimum Gasteiger partial charge on any atom is -0.494 e. The van der Waals surface area contributed by atoms with E-state index in [1.54, 1.807) is 48.5 Å². The van der Waals surface area contributed by atoms with Gasteiger partial charge in [-0.15, -0.1) is 0 Å². The molecule has 0 radical (unpaired) electrons. The second-order valence-electron chi connectivity index (χ2n) is 7.74. The van der Waals surface area contributed by atoms with E-state index in [1.165, 1.54) is 4.90 Å². The van der Waals surface area contributed by atoms with E-state index in [0.29, 0.717) is 53.0 Å². The van der Waals surface area contributed by atoms with Gasteiger partial charge < -0.3 is 14.7 Å². The highest BCUT2D eigenvalue weighted by molar-refractivity contribution is 6.45. The van der Waals surface area contributed by atoms with Gasteiger partial charge in [0.2, 0.25) is 0 Å². The summed E-state index contributed by atoms with van der Waals surface area (Å²) < 4.78 is 5.48. The number of aliphatic hydroxyl groups is 1. The Morgan fingerprint density at radius 3 is 2.42 bits per heavy atom. The fraction of sp³-hybridized carbons (Fsp3) is 0.333. The molecule has 2 aliphatic rings. The number of carbonyl (C=O) groups is 2. The Hall–Kier alpha value is -2.83. The predicted molar refractivity (Wildman–Crippen MR) is 120 cm³/mol. The maximum absolute atomic E-state index is 13.6. The van der Waals surface area contributed by atoms with Gasteiger partial charge >= 0.3 is 0 Å². The lowest BCUT2D eigenvalue weighted by molar-refractivity contribution is -0.120. The monoisotopic (exact) mass is 440 g/mol. The fourth-order valence-electron chi connectivity index (χ4n) is 4.20. The number of carbonyl (C=O) groups excluding carboxylic acids is 2. The zero-order chi connectivity index (χ0) is 22.0. The number of ether oxygens (including phenoxy) is 1. The largest absolute Gasteiger partial charge is 0.494 e. The molecule has 2 amide bonds. The highest BCUT2D eigenvalue weighted by atomic mass is 35.5. The number of hydrogen-bond acceptors (Lipinski definition) is 5. The second-order valence-corrected chi connectivity index (χ2v) is 8.18. The first-order valence-corrected chi connectivity index (χ1v) is 10.9. The van der Waals surface area contributed by atoms with Crippen LogP contribution >= 0.6 is 11.6 Å². The van der Waals surface area contributed by atoms with Crippen molar-refractivity contribution in [3.63, 3.8) is 0 Å². The van der Waals surface area contributed by atoms with Crippen LogP contribution in [0.4, 0.5) is 5.69 Å². The van der Waals surface area contributed by atoms with Gasteiger partial charge in [0.25, 0.3) is 11.8 Å². The van der Waals surface area contributed by atoms with E-state index in [1.807, 2.05) is 11.8 Å². The SMILES string of the molecule is CCOc1ccc(N2C(=O)C(c3ccc(Cl)cc3)=C(N3CCCC(CO)C3)C2=O)cc1. The maximum Gasteiger partial charge on any atom is 0.282 e. The molecule has 0 spiro atoms. The molecular formula is C24H25ClN2O4. The first-order chi connectivity index (χ1) is 15.0. The summed E-state index contributed by atoms with van der Waals surface area (Å²) in [5, 5.41) is 10.2. The highest BCUT2D eigenvalue weighted by Gasteiger charge is 2.43. The van der Waals surface area contributed by atoms with Crippen LogP contribution in [0.2, 0.25) is 5.02 Å². The molecule has 7 heteroatoms. The van der Waals surface area contributed by atoms with E-state index in [-0.39, 0.29) is 24.3 Å². The van der Waals surface area contributed by atoms with Gasteiger partial charge in [0, 0.05) is 24.7 Å². The minimum atomic E-state index is -0.363. The van der Waals surface area contributed by atoms with E-state index in [4.69, 9.17) is 16.3 Å². The van der Waals surface area contributed by atoms with E-state index in [9.17, 15) is 14.7 Å². The summed E-state index contributed by atoms with van der Waals surface area (Å²) in [6.45, 7) is 3.70. The molecule has 2 aromatic rings. The maximum atomic E-state index is 13.6. The van der Waals surface area contributed by atoms with Gasteiger partial charge in [-0.3, -0.25) is 9.59 Å². The van der Waals surface area contributed by atoms with Gasteiger partial charge in [0.05, 0.1) is 17.9 Å². The molecule has 2 aromatic carbocycles. The molecule has 1 unspecified atom stereocenters. The van der Waals surface area contributed by atoms with E-state index >= 15 is 0 Å². The summed E-state index contributed by atoms with van der Waals surface area (Å²) >= 11 is 6.04. The molecule has 2 aliphatic heterocycles. The van der Waals surface area contributed by atoms with Gasteiger partial charge in [-0.05, 0) is 67.6 Å². The zero-order valence-electron chi connectivity index (χ0n) is 17.4. The van der Waals surface area contributed by atoms with Crippen LogP contribution in [-0.2, 0) is 9.59 Å². The molecule has 162 valence electrons. The number of rotatable bonds is 6. The van der Waals surface area contributed by atoms with Crippen LogP contribution in [0.15, 0.2) is 54.2 Å². The summed E-state index contributed by atoms with van der Waals surface area (Å²) in [7, 11) is 0. The molecule has 6 nitrogen and oxygen atoms in total. The average Bonchev–Trinajstić information content (AvgIpc) is 3.05. The number of piperidine rings is 1. The van der Waals surface area contributed by atoms with E-state index in [0.717, 1.165) is 12.8 Å². The first-order valence-electron chi connectivity index (χ1n) is 10.5. The molecule has 1 atom stereocenters. The number of anilines is 1. The lowest BCUT2D eigenvalue weighted by atomic mass is 9.97. The van der Waals surface area contributed by atoms with Crippen LogP contribution in [0, 0.1) is 5.92 Å². The van der Waals surface area contributed by atoms with Crippen molar-refractivity contribution in [3.05, 3.63) is 64.8 Å². The van der Waals surface area contributed by atoms with Crippen molar-refractivity contribution in [3.8, 4) is 5.75 Å². The quantitative estimate of drug-likeness (QED) is 0.693. The van der Waals surface area contributed by atoms with Crippen molar-refractivity contribution >= 4 is 34.7 Å². The van der Waals surface area contributed by atoms with Gasteiger partial charge in [-0.1, -0.05) is 23.7 Å². The van der Waals surface area contributed by atoms with Crippen LogP contribution in [0.5, 0.6) is 5.75 Å². The zero-order valence-corrected chi connectivity index (χ0v) is 18.1. The van der Waals surface area contributed by atoms with Gasteiger partial charge in [0.15, 0.2) is 0 Å². The third-order valence-electron chi connectivity index (χ3n) is 5.69. The average molecular weight is 441 g/mol. The van der Waals surface area contributed by atoms with E-state index < -0.39 is 0 Å². The van der Waals surface area contributed by atoms with Crippen LogP contribution in [0.3, 0.4) is 0 Å². The number of imide groups is 1. The summed E-state index contributed by atoms with van der Waals surface area (Å²) in [5.41, 5.74) is 1.90. The summed E-state index contributed by atoms with van der Waals surface area (Å²) in [5.74, 6) is 0.0451. The topological polar surface area (TPSA) is 70.1 Å². The molecule has 4 rings (SSSR count). The second kappa shape index (κ2) is 9.12. The Bertz CT molecular complexity index is 1000. The lowest BCUT2D eigenvalue weighted by Gasteiger charge is -2.34. The van der Waals surface area contributed by atoms with E-state index in [2.05, 4.69) is 0 Å². The molecule has 0 bridgehead atoms. The highest BCUT2D eigenvalue weighted by Crippen LogP contribution is 2.37. The van der Waals surface area contributed by atoms with Crippen molar-refractivity contribution < 1.29 is 19.4 Å². The Morgan fingerprint density at radius 2 is 1.77 bits per heavy atom. The number of amides is 2. The fourth-order valence-corrected chi connectivity index (χ4v) is 4.32. The molecule has 0 aliphatic carbocycles. The molecule has 1 saturated heterocycles. The Balaban J connectivity index is 1.75. The molecule has 2 heterocycles. The standard InChI is InChI=1S/C24H25ClN2O4/c1-2-31-20-11-9-19(10-12-20)27-23(29)21(17-5-7-18(25)8-6-17)22(24(27)30)26-13-3-4-16(14-26)15-28/h5-12,16,28H,2-4,13-15H2,1H3. The van der Waals surface area contributed by atoms with Crippen molar-refractivity contribution in [2.45, 2.75) is 19.8 Å². The molecular weight excluding hydrogens is 416 g/mol. The lowest BCUT2D eigenvalue weighted by Crippen LogP contribution is -2.40. The normalized spacial score (nSPS) is 19.4. The Labute approximate surface area is 186 Å². The summed E-state index contributed by atoms with van der Waals surface area (Å²) in [6.07, 6.45) is 1.76. The number of aliphatic hydroxyl groups excluding tert-OH is 1. The van der Waals surface area contributed by atoms with Crippen LogP contribution in [0.25, 0.3) is 5.57 Å². The Kier molecular flexibility index (Phi) is 6.30. The molecule has 1 N–H and O–H groups in total. The number of nitrogens with zero attached hydrogens (tertiary/aromatic N) is 2. The van der Waals surface area contributed by atoms with Gasteiger partial charge in [0.1, 0.15) is 11.4 Å². The summed E-state index contributed by atoms with van der Waals surface area (Å²) in [6, 6.07) is 13.9. The summed E-state index contributed by atoms with van der Waals surface area (Å²) in [4.78, 5) is 30.2. The molecule has 1 fully saturated rings. The Morgan fingerprint density at radius 1 is 1.06 bits per heavy atom. The number of benzene rings is 2.